The molecule has 2 fully saturated rings. The van der Waals surface area contributed by atoms with Crippen LogP contribution in [0.15, 0.2) is 79.2 Å². The molecule has 0 unspecified atom stereocenters. The highest BCUT2D eigenvalue weighted by Gasteiger charge is 2.33. The van der Waals surface area contributed by atoms with Crippen molar-refractivity contribution in [3.05, 3.63) is 95.9 Å². The molecule has 1 aliphatic carbocycles. The second kappa shape index (κ2) is 16.2. The average molecular weight is 601 g/mol. The van der Waals surface area contributed by atoms with E-state index in [4.69, 9.17) is 0 Å². The lowest BCUT2D eigenvalue weighted by Gasteiger charge is -2.31. The summed E-state index contributed by atoms with van der Waals surface area (Å²) in [5.74, 6) is -1.64. The smallest absolute Gasteiger partial charge is 0.250 e. The number of hydrogen-bond acceptors (Lipinski definition) is 3. The maximum atomic E-state index is 13.6. The van der Waals surface area contributed by atoms with Gasteiger partial charge < -0.3 is 0 Å². The van der Waals surface area contributed by atoms with Gasteiger partial charge in [0.2, 0.25) is 0 Å². The number of carbonyl (C=O) groups excluding carboxylic acids is 1. The number of hydrogen-bond donors (Lipinski definition) is 0. The number of nitrogens with zero attached hydrogens (tertiary/aromatic N) is 2. The van der Waals surface area contributed by atoms with Gasteiger partial charge in [0.05, 0.1) is 0 Å². The fraction of sp³-hybridized carbons (Fsp3) is 0.487. The lowest BCUT2D eigenvalue weighted by molar-refractivity contribution is -0.113. The van der Waals surface area contributed by atoms with E-state index < -0.39 is 5.92 Å². The zero-order valence-electron chi connectivity index (χ0n) is 26.9. The summed E-state index contributed by atoms with van der Waals surface area (Å²) in [6.45, 7) is 14.0. The van der Waals surface area contributed by atoms with Crippen LogP contribution in [0.5, 0.6) is 0 Å². The molecule has 1 aromatic carbocycles. The minimum absolute atomic E-state index is 0.0566. The summed E-state index contributed by atoms with van der Waals surface area (Å²) in [4.78, 5) is 20.0. The molecule has 0 bridgehead atoms. The summed E-state index contributed by atoms with van der Waals surface area (Å²) in [6.07, 6.45) is 20.4. The van der Waals surface area contributed by atoms with Crippen molar-refractivity contribution in [1.82, 2.24) is 9.88 Å². The number of alkyl halides is 2. The summed E-state index contributed by atoms with van der Waals surface area (Å²) in [5.41, 5.74) is 7.78. The van der Waals surface area contributed by atoms with Crippen LogP contribution < -0.4 is 0 Å². The van der Waals surface area contributed by atoms with Gasteiger partial charge in [0.25, 0.3) is 5.92 Å². The van der Waals surface area contributed by atoms with Crippen molar-refractivity contribution in [3.8, 4) is 11.1 Å². The van der Waals surface area contributed by atoms with E-state index in [0.29, 0.717) is 38.0 Å². The van der Waals surface area contributed by atoms with Crippen molar-refractivity contribution in [1.29, 1.82) is 0 Å². The van der Waals surface area contributed by atoms with Crippen LogP contribution in [-0.2, 0) is 17.8 Å². The van der Waals surface area contributed by atoms with E-state index in [-0.39, 0.29) is 18.6 Å². The standard InChI is InChI=1S/C39H50F2N2O/c1-5-9-34-17-18-35(36-24-33(26-42-27-36)28-43-22-20-39(40,41)21-23-43)25-37(34)30(4)38(44)19-16-31(6-2)14-12-29(3)13-15-32-10-7-8-11-32/h6,12,14,17-18,24-27,32H,3-5,7-11,13,15-16,19-23,28H2,1-2H3/b14-12-,31-6+. The summed E-state index contributed by atoms with van der Waals surface area (Å²) in [7, 11) is 0. The predicted octanol–water partition coefficient (Wildman–Crippen LogP) is 10.3. The van der Waals surface area contributed by atoms with Gasteiger partial charge in [0, 0.05) is 62.4 Å². The Kier molecular flexibility index (Phi) is 12.4. The highest BCUT2D eigenvalue weighted by molar-refractivity contribution is 6.20. The third kappa shape index (κ3) is 9.92. The number of rotatable bonds is 15. The first-order valence-corrected chi connectivity index (χ1v) is 16.6. The Bertz CT molecular complexity index is 1360. The van der Waals surface area contributed by atoms with Crippen molar-refractivity contribution in [2.75, 3.05) is 13.1 Å². The monoisotopic (exact) mass is 600 g/mol. The molecule has 2 aliphatic rings. The molecule has 1 aliphatic heterocycles. The number of benzene rings is 1. The quantitative estimate of drug-likeness (QED) is 0.151. The molecule has 0 radical (unpaired) electrons. The van der Waals surface area contributed by atoms with E-state index >= 15 is 0 Å². The molecule has 1 aromatic heterocycles. The number of halogens is 2. The van der Waals surface area contributed by atoms with E-state index in [1.807, 2.05) is 19.3 Å². The Labute approximate surface area is 263 Å². The first-order valence-electron chi connectivity index (χ1n) is 16.6. The first-order chi connectivity index (χ1) is 21.2. The van der Waals surface area contributed by atoms with Gasteiger partial charge in [-0.1, -0.05) is 93.7 Å². The maximum Gasteiger partial charge on any atom is 0.250 e. The van der Waals surface area contributed by atoms with Crippen molar-refractivity contribution < 1.29 is 13.6 Å². The fourth-order valence-corrected chi connectivity index (χ4v) is 6.43. The van der Waals surface area contributed by atoms with Gasteiger partial charge in [-0.15, -0.1) is 0 Å². The maximum absolute atomic E-state index is 13.6. The van der Waals surface area contributed by atoms with E-state index in [0.717, 1.165) is 64.1 Å². The molecule has 0 amide bonds. The van der Waals surface area contributed by atoms with Gasteiger partial charge in [0.1, 0.15) is 0 Å². The highest BCUT2D eigenvalue weighted by atomic mass is 19.3. The second-order valence-corrected chi connectivity index (χ2v) is 12.8. The number of Topliss-reactive ketones (excluding diaryl/α,β-unsaturated/α-hetero) is 1. The molecule has 5 heteroatoms. The van der Waals surface area contributed by atoms with Gasteiger partial charge in [-0.05, 0) is 72.9 Å². The van der Waals surface area contributed by atoms with Crippen LogP contribution in [-0.4, -0.2) is 34.7 Å². The van der Waals surface area contributed by atoms with Crippen LogP contribution in [0.1, 0.15) is 101 Å². The van der Waals surface area contributed by atoms with Gasteiger partial charge in [-0.3, -0.25) is 14.7 Å². The minimum Gasteiger partial charge on any atom is -0.299 e. The Morgan fingerprint density at radius 3 is 2.48 bits per heavy atom. The Balaban J connectivity index is 1.39. The SMILES string of the molecule is C=C(/C=C\C(=C/C)CCC(=O)C(=C)c1cc(-c2cncc(CN3CCC(F)(F)CC3)c2)ccc1CCC)CCC1CCCC1. The molecule has 2 aromatic rings. The van der Waals surface area contributed by atoms with Crippen LogP contribution >= 0.6 is 0 Å². The van der Waals surface area contributed by atoms with Crippen molar-refractivity contribution in [2.45, 2.75) is 103 Å². The summed E-state index contributed by atoms with van der Waals surface area (Å²) < 4.78 is 27.2. The lowest BCUT2D eigenvalue weighted by atomic mass is 9.90. The molecule has 0 atom stereocenters. The molecule has 2 heterocycles. The number of ketones is 1. The molecule has 0 N–H and O–H groups in total. The number of aryl methyl sites for hydroxylation is 1. The summed E-state index contributed by atoms with van der Waals surface area (Å²) >= 11 is 0. The van der Waals surface area contributed by atoms with Gasteiger partial charge in [-0.2, -0.15) is 0 Å². The number of aromatic nitrogens is 1. The fourth-order valence-electron chi connectivity index (χ4n) is 6.43. The molecule has 44 heavy (non-hydrogen) atoms. The number of likely N-dealkylation sites (tertiary alicyclic amines) is 1. The van der Waals surface area contributed by atoms with Crippen molar-refractivity contribution in [3.63, 3.8) is 0 Å². The average Bonchev–Trinajstić information content (AvgIpc) is 3.55. The zero-order valence-corrected chi connectivity index (χ0v) is 26.9. The van der Waals surface area contributed by atoms with Crippen molar-refractivity contribution >= 4 is 11.4 Å². The van der Waals surface area contributed by atoms with Gasteiger partial charge in [0.15, 0.2) is 5.78 Å². The molecule has 4 rings (SSSR count). The Morgan fingerprint density at radius 2 is 1.77 bits per heavy atom. The van der Waals surface area contributed by atoms with E-state index in [9.17, 15) is 13.6 Å². The highest BCUT2D eigenvalue weighted by Crippen LogP contribution is 2.32. The molecule has 3 nitrogen and oxygen atoms in total. The van der Waals surface area contributed by atoms with Gasteiger partial charge in [-0.25, -0.2) is 8.78 Å². The molecular weight excluding hydrogens is 550 g/mol. The van der Waals surface area contributed by atoms with Crippen molar-refractivity contribution in [2.24, 2.45) is 5.92 Å². The summed E-state index contributed by atoms with van der Waals surface area (Å²) in [5, 5.41) is 0. The van der Waals surface area contributed by atoms with E-state index in [1.54, 1.807) is 0 Å². The van der Waals surface area contributed by atoms with Crippen LogP contribution in [0.3, 0.4) is 0 Å². The first kappa shape index (κ1) is 33.7. The number of allylic oxidation sites excluding steroid dienone is 6. The topological polar surface area (TPSA) is 33.2 Å². The van der Waals surface area contributed by atoms with E-state index in [1.165, 1.54) is 32.1 Å². The molecule has 1 saturated heterocycles. The molecule has 1 saturated carbocycles. The van der Waals surface area contributed by atoms with Crippen LogP contribution in [0, 0.1) is 5.92 Å². The predicted molar refractivity (Wildman–Crippen MR) is 180 cm³/mol. The molecule has 0 spiro atoms. The Morgan fingerprint density at radius 1 is 1.02 bits per heavy atom. The normalized spacial score (nSPS) is 17.8. The third-order valence-electron chi connectivity index (χ3n) is 9.31. The summed E-state index contributed by atoms with van der Waals surface area (Å²) in [6, 6.07) is 8.33. The van der Waals surface area contributed by atoms with Gasteiger partial charge >= 0.3 is 0 Å². The second-order valence-electron chi connectivity index (χ2n) is 12.8. The number of pyridine rings is 1. The Hall–Kier alpha value is -3.18. The van der Waals surface area contributed by atoms with Crippen LogP contribution in [0.25, 0.3) is 16.7 Å². The van der Waals surface area contributed by atoms with E-state index in [2.05, 4.69) is 72.5 Å². The van der Waals surface area contributed by atoms with Crippen LogP contribution in [0.4, 0.5) is 8.78 Å². The number of piperidine rings is 1. The zero-order chi connectivity index (χ0) is 31.5. The lowest BCUT2D eigenvalue weighted by Crippen LogP contribution is -2.38. The van der Waals surface area contributed by atoms with Crippen LogP contribution in [0.2, 0.25) is 0 Å². The molecular formula is C39H50F2N2O. The number of carbonyl (C=O) groups is 1. The molecule has 236 valence electrons. The largest absolute Gasteiger partial charge is 0.299 e. The minimum atomic E-state index is -2.55. The third-order valence-corrected chi connectivity index (χ3v) is 9.31.